The zero-order chi connectivity index (χ0) is 23.1. The number of nitrogen functional groups attached to an aromatic ring is 1. The minimum absolute atomic E-state index is 0.0245. The predicted molar refractivity (Wildman–Crippen MR) is 119 cm³/mol. The maximum absolute atomic E-state index is 12.8. The van der Waals surface area contributed by atoms with Gasteiger partial charge in [-0.15, -0.1) is 0 Å². The summed E-state index contributed by atoms with van der Waals surface area (Å²) >= 11 is 0. The average molecular weight is 444 g/mol. The van der Waals surface area contributed by atoms with E-state index >= 15 is 0 Å². The first-order chi connectivity index (χ1) is 15.4. The third-order valence-corrected chi connectivity index (χ3v) is 5.21. The van der Waals surface area contributed by atoms with E-state index in [1.54, 1.807) is 6.92 Å². The summed E-state index contributed by atoms with van der Waals surface area (Å²) in [6.45, 7) is 5.51. The molecule has 10 heteroatoms. The molecule has 1 fully saturated rings. The van der Waals surface area contributed by atoms with Crippen LogP contribution < -0.4 is 15.4 Å². The Morgan fingerprint density at radius 2 is 2.00 bits per heavy atom. The number of benzene rings is 1. The van der Waals surface area contributed by atoms with Gasteiger partial charge in [0.15, 0.2) is 0 Å². The van der Waals surface area contributed by atoms with Gasteiger partial charge < -0.3 is 19.9 Å². The third kappa shape index (κ3) is 5.85. The number of pyridine rings is 1. The molecule has 0 atom stereocenters. The fourth-order valence-electron chi connectivity index (χ4n) is 3.43. The monoisotopic (exact) mass is 444 g/mol. The van der Waals surface area contributed by atoms with Crippen LogP contribution in [0, 0.1) is 23.0 Å². The van der Waals surface area contributed by atoms with Gasteiger partial charge in [-0.3, -0.25) is 15.0 Å². The second-order valence-corrected chi connectivity index (χ2v) is 7.61. The SMILES string of the molecule is CCOC(=O)N(Cc1ccc(C)cc1)c1cc(OCC2CCOCC2)nc(N)c1[N+](=O)[O-]. The molecule has 172 valence electrons. The smallest absolute Gasteiger partial charge is 0.414 e. The van der Waals surface area contributed by atoms with Crippen LogP contribution >= 0.6 is 0 Å². The van der Waals surface area contributed by atoms with E-state index in [4.69, 9.17) is 19.9 Å². The van der Waals surface area contributed by atoms with E-state index in [9.17, 15) is 14.9 Å². The van der Waals surface area contributed by atoms with Crippen LogP contribution in [0.25, 0.3) is 0 Å². The van der Waals surface area contributed by atoms with E-state index in [0.29, 0.717) is 25.7 Å². The van der Waals surface area contributed by atoms with Gasteiger partial charge in [-0.2, -0.15) is 4.98 Å². The summed E-state index contributed by atoms with van der Waals surface area (Å²) in [7, 11) is 0. The molecule has 1 aliphatic rings. The first-order valence-electron chi connectivity index (χ1n) is 10.5. The van der Waals surface area contributed by atoms with Crippen LogP contribution in [0.5, 0.6) is 5.88 Å². The van der Waals surface area contributed by atoms with Gasteiger partial charge in [0.05, 0.1) is 24.7 Å². The van der Waals surface area contributed by atoms with Gasteiger partial charge in [-0.05, 0) is 38.2 Å². The zero-order valence-corrected chi connectivity index (χ0v) is 18.3. The molecule has 1 aromatic carbocycles. The molecule has 2 N–H and O–H groups in total. The molecular formula is C22H28N4O6. The molecule has 2 heterocycles. The maximum atomic E-state index is 12.8. The minimum Gasteiger partial charge on any atom is -0.477 e. The van der Waals surface area contributed by atoms with Crippen molar-refractivity contribution in [3.05, 3.63) is 51.6 Å². The highest BCUT2D eigenvalue weighted by Crippen LogP contribution is 2.37. The minimum atomic E-state index is -0.725. The number of aromatic nitrogens is 1. The highest BCUT2D eigenvalue weighted by Gasteiger charge is 2.30. The number of ether oxygens (including phenoxy) is 3. The lowest BCUT2D eigenvalue weighted by Gasteiger charge is -2.24. The number of nitro groups is 1. The number of nitrogens with two attached hydrogens (primary N) is 1. The Bertz CT molecular complexity index is 944. The van der Waals surface area contributed by atoms with Crippen molar-refractivity contribution < 1.29 is 23.9 Å². The van der Waals surface area contributed by atoms with Crippen LogP contribution in [-0.4, -0.2) is 42.4 Å². The zero-order valence-electron chi connectivity index (χ0n) is 18.3. The first kappa shape index (κ1) is 23.3. The summed E-state index contributed by atoms with van der Waals surface area (Å²) in [6.07, 6.45) is 0.993. The molecule has 1 aliphatic heterocycles. The normalized spacial score (nSPS) is 14.1. The van der Waals surface area contributed by atoms with Crippen molar-refractivity contribution >= 4 is 23.3 Å². The van der Waals surface area contributed by atoms with Crippen LogP contribution in [0.4, 0.5) is 22.0 Å². The summed E-state index contributed by atoms with van der Waals surface area (Å²) in [5, 5.41) is 11.8. The molecule has 0 spiro atoms. The molecule has 3 rings (SSSR count). The number of hydrogen-bond acceptors (Lipinski definition) is 8. The third-order valence-electron chi connectivity index (χ3n) is 5.21. The van der Waals surface area contributed by atoms with E-state index in [1.807, 2.05) is 31.2 Å². The molecular weight excluding hydrogens is 416 g/mol. The maximum Gasteiger partial charge on any atom is 0.414 e. The summed E-state index contributed by atoms with van der Waals surface area (Å²) in [6, 6.07) is 8.87. The van der Waals surface area contributed by atoms with Gasteiger partial charge in [-0.1, -0.05) is 29.8 Å². The summed E-state index contributed by atoms with van der Waals surface area (Å²) < 4.78 is 16.3. The quantitative estimate of drug-likeness (QED) is 0.480. The van der Waals surface area contributed by atoms with Crippen LogP contribution in [-0.2, 0) is 16.0 Å². The van der Waals surface area contributed by atoms with Crippen molar-refractivity contribution in [1.82, 2.24) is 4.98 Å². The van der Waals surface area contributed by atoms with E-state index in [0.717, 1.165) is 24.0 Å². The number of nitrogens with zero attached hydrogens (tertiary/aromatic N) is 3. The number of carbonyl (C=O) groups excluding carboxylic acids is 1. The fraction of sp³-hybridized carbons (Fsp3) is 0.455. The number of anilines is 2. The molecule has 0 unspecified atom stereocenters. The van der Waals surface area contributed by atoms with Crippen molar-refractivity contribution in [2.24, 2.45) is 5.92 Å². The number of rotatable bonds is 8. The average Bonchev–Trinajstić information content (AvgIpc) is 2.77. The summed E-state index contributed by atoms with van der Waals surface area (Å²) in [5.41, 5.74) is 7.26. The highest BCUT2D eigenvalue weighted by molar-refractivity contribution is 5.92. The largest absolute Gasteiger partial charge is 0.477 e. The molecule has 2 aromatic rings. The lowest BCUT2D eigenvalue weighted by atomic mass is 10.0. The summed E-state index contributed by atoms with van der Waals surface area (Å²) in [4.78, 5) is 29.2. The topological polar surface area (TPSA) is 130 Å². The Morgan fingerprint density at radius 1 is 1.31 bits per heavy atom. The molecule has 1 saturated heterocycles. The molecule has 1 aromatic heterocycles. The number of carbonyl (C=O) groups is 1. The van der Waals surface area contributed by atoms with E-state index in [1.165, 1.54) is 11.0 Å². The van der Waals surface area contributed by atoms with Gasteiger partial charge in [0, 0.05) is 19.3 Å². The Labute approximate surface area is 186 Å². The van der Waals surface area contributed by atoms with Crippen molar-refractivity contribution in [1.29, 1.82) is 0 Å². The molecule has 32 heavy (non-hydrogen) atoms. The fourth-order valence-corrected chi connectivity index (χ4v) is 3.43. The Morgan fingerprint density at radius 3 is 2.62 bits per heavy atom. The lowest BCUT2D eigenvalue weighted by Crippen LogP contribution is -2.32. The number of aryl methyl sites for hydroxylation is 1. The van der Waals surface area contributed by atoms with E-state index in [2.05, 4.69) is 4.98 Å². The standard InChI is InChI=1S/C22H28N4O6/c1-3-31-22(27)25(13-16-6-4-15(2)5-7-16)18-12-19(24-21(23)20(18)26(28)29)32-14-17-8-10-30-11-9-17/h4-7,12,17H,3,8-11,13-14H2,1-2H3,(H2,23,24). The Hall–Kier alpha value is -3.40. The van der Waals surface area contributed by atoms with Crippen molar-refractivity contribution in [3.63, 3.8) is 0 Å². The first-order valence-corrected chi connectivity index (χ1v) is 10.5. The molecule has 0 bridgehead atoms. The second kappa shape index (κ2) is 10.8. The Balaban J connectivity index is 1.95. The van der Waals surface area contributed by atoms with Gasteiger partial charge in [0.25, 0.3) is 0 Å². The number of amides is 1. The van der Waals surface area contributed by atoms with Crippen molar-refractivity contribution in [3.8, 4) is 5.88 Å². The highest BCUT2D eigenvalue weighted by atomic mass is 16.6. The lowest BCUT2D eigenvalue weighted by molar-refractivity contribution is -0.383. The van der Waals surface area contributed by atoms with Crippen molar-refractivity contribution in [2.45, 2.75) is 33.2 Å². The van der Waals surface area contributed by atoms with Crippen LogP contribution in [0.1, 0.15) is 30.9 Å². The Kier molecular flexibility index (Phi) is 7.82. The van der Waals surface area contributed by atoms with Crippen molar-refractivity contribution in [2.75, 3.05) is 37.1 Å². The van der Waals surface area contributed by atoms with Gasteiger partial charge in [-0.25, -0.2) is 4.79 Å². The van der Waals surface area contributed by atoms with Gasteiger partial charge in [0.2, 0.25) is 11.7 Å². The molecule has 10 nitrogen and oxygen atoms in total. The molecule has 1 amide bonds. The number of hydrogen-bond donors (Lipinski definition) is 1. The van der Waals surface area contributed by atoms with Crippen LogP contribution in [0.3, 0.4) is 0 Å². The van der Waals surface area contributed by atoms with E-state index in [-0.39, 0.29) is 30.5 Å². The molecule has 0 radical (unpaired) electrons. The predicted octanol–water partition coefficient (Wildman–Crippen LogP) is 3.85. The van der Waals surface area contributed by atoms with Crippen LogP contribution in [0.15, 0.2) is 30.3 Å². The summed E-state index contributed by atoms with van der Waals surface area (Å²) in [5.74, 6) is 0.0830. The van der Waals surface area contributed by atoms with Gasteiger partial charge in [0.1, 0.15) is 5.69 Å². The second-order valence-electron chi connectivity index (χ2n) is 7.61. The molecule has 0 aliphatic carbocycles. The van der Waals surface area contributed by atoms with Gasteiger partial charge >= 0.3 is 11.8 Å². The van der Waals surface area contributed by atoms with Crippen LogP contribution in [0.2, 0.25) is 0 Å². The molecule has 0 saturated carbocycles. The van der Waals surface area contributed by atoms with E-state index < -0.39 is 16.7 Å².